The highest BCUT2D eigenvalue weighted by molar-refractivity contribution is 7.47. The molecule has 0 bridgehead atoms. The van der Waals surface area contributed by atoms with E-state index >= 15 is 0 Å². The number of phosphoric acid groups is 2. The van der Waals surface area contributed by atoms with E-state index in [9.17, 15) is 43.2 Å². The first-order chi connectivity index (χ1) is 47.6. The Balaban J connectivity index is 5.26. The molecule has 0 saturated carbocycles. The minimum Gasteiger partial charge on any atom is -0.462 e. The van der Waals surface area contributed by atoms with E-state index in [-0.39, 0.29) is 25.7 Å². The lowest BCUT2D eigenvalue weighted by Crippen LogP contribution is -2.30. The second kappa shape index (κ2) is 69.1. The Hall–Kier alpha value is -1.94. The fourth-order valence-corrected chi connectivity index (χ4v) is 13.8. The molecule has 0 amide bonds. The fourth-order valence-electron chi connectivity index (χ4n) is 12.3. The Kier molecular flexibility index (Phi) is 67.8. The standard InChI is InChI=1S/C80H156O17P2/c1-70(2)56-48-40-32-24-18-14-10-9-11-17-21-28-38-46-54-62-79(84)96-75(66-90-77(82)60-52-44-36-27-20-16-13-12-15-19-25-33-41-49-57-71(3)4)68-94-98(86,87)92-64-74(81)65-93-99(88,89)95-69-76(67-91-78(83)61-53-45-37-31-30-35-43-51-59-73(7)8)97-80(85)63-55-47-39-29-23-22-26-34-42-50-58-72(5)6/h70-76,81H,9-69H2,1-8H3,(H,86,87)(H,88,89)/t74?,75-,76-/m1/s1. The Bertz CT molecular complexity index is 1940. The van der Waals surface area contributed by atoms with Crippen LogP contribution < -0.4 is 0 Å². The minimum atomic E-state index is -4.96. The van der Waals surface area contributed by atoms with E-state index in [1.54, 1.807) is 0 Å². The SMILES string of the molecule is CC(C)CCCCCCCCCCCCCCCCCC(=O)O[C@H](COC(=O)CCCCCCCCCCCCCCCCC(C)C)COP(=O)(O)OCC(O)COP(=O)(O)OC[C@@H](COC(=O)CCCCCCCCCCC(C)C)OC(=O)CCCCCCCCCCCCC(C)C. The zero-order valence-electron chi connectivity index (χ0n) is 65.1. The maximum Gasteiger partial charge on any atom is 0.472 e. The molecule has 19 heteroatoms. The predicted molar refractivity (Wildman–Crippen MR) is 404 cm³/mol. The van der Waals surface area contributed by atoms with Crippen molar-refractivity contribution >= 4 is 39.5 Å². The molecule has 0 fully saturated rings. The van der Waals surface area contributed by atoms with Gasteiger partial charge in [-0.1, -0.05) is 357 Å². The molecule has 17 nitrogen and oxygen atoms in total. The van der Waals surface area contributed by atoms with Crippen LogP contribution in [0.4, 0.5) is 0 Å². The van der Waals surface area contributed by atoms with Gasteiger partial charge in [-0.15, -0.1) is 0 Å². The summed E-state index contributed by atoms with van der Waals surface area (Å²) in [6, 6.07) is 0. The van der Waals surface area contributed by atoms with Crippen LogP contribution in [0.3, 0.4) is 0 Å². The highest BCUT2D eigenvalue weighted by Gasteiger charge is 2.30. The third-order valence-electron chi connectivity index (χ3n) is 18.6. The van der Waals surface area contributed by atoms with E-state index in [0.717, 1.165) is 114 Å². The molecule has 588 valence electrons. The van der Waals surface area contributed by atoms with E-state index in [1.807, 2.05) is 0 Å². The van der Waals surface area contributed by atoms with Crippen molar-refractivity contribution in [1.29, 1.82) is 0 Å². The number of ether oxygens (including phenoxy) is 4. The number of unbranched alkanes of at least 4 members (excludes halogenated alkanes) is 43. The van der Waals surface area contributed by atoms with Gasteiger partial charge in [0.1, 0.15) is 19.3 Å². The van der Waals surface area contributed by atoms with Crippen molar-refractivity contribution in [3.05, 3.63) is 0 Å². The first-order valence-corrected chi connectivity index (χ1v) is 44.2. The Morgan fingerprint density at radius 3 is 0.626 bits per heavy atom. The van der Waals surface area contributed by atoms with Crippen molar-refractivity contribution in [3.63, 3.8) is 0 Å². The van der Waals surface area contributed by atoms with Gasteiger partial charge in [-0.3, -0.25) is 37.3 Å². The molecule has 3 N–H and O–H groups in total. The van der Waals surface area contributed by atoms with Crippen LogP contribution in [0.1, 0.15) is 409 Å². The number of hydrogen-bond donors (Lipinski definition) is 3. The monoisotopic (exact) mass is 1450 g/mol. The highest BCUT2D eigenvalue weighted by atomic mass is 31.2. The van der Waals surface area contributed by atoms with Gasteiger partial charge in [0.2, 0.25) is 0 Å². The van der Waals surface area contributed by atoms with Gasteiger partial charge in [-0.2, -0.15) is 0 Å². The van der Waals surface area contributed by atoms with Crippen molar-refractivity contribution in [2.75, 3.05) is 39.6 Å². The van der Waals surface area contributed by atoms with E-state index in [2.05, 4.69) is 55.4 Å². The molecule has 0 saturated heterocycles. The van der Waals surface area contributed by atoms with Crippen LogP contribution >= 0.6 is 15.6 Å². The molecule has 0 aromatic heterocycles. The van der Waals surface area contributed by atoms with Crippen LogP contribution in [0.25, 0.3) is 0 Å². The Morgan fingerprint density at radius 2 is 0.424 bits per heavy atom. The lowest BCUT2D eigenvalue weighted by molar-refractivity contribution is -0.161. The van der Waals surface area contributed by atoms with Gasteiger partial charge < -0.3 is 33.8 Å². The zero-order valence-corrected chi connectivity index (χ0v) is 66.9. The number of aliphatic hydroxyl groups excluding tert-OH is 1. The summed E-state index contributed by atoms with van der Waals surface area (Å²) in [6.45, 7) is 14.2. The molecule has 0 rings (SSSR count). The third kappa shape index (κ3) is 74.1. The predicted octanol–water partition coefficient (Wildman–Crippen LogP) is 23.6. The average Bonchev–Trinajstić information content (AvgIpc) is 1.00. The number of carbonyl (C=O) groups excluding carboxylic acids is 4. The van der Waals surface area contributed by atoms with E-state index in [4.69, 9.17) is 37.0 Å². The van der Waals surface area contributed by atoms with Crippen LogP contribution in [0.5, 0.6) is 0 Å². The van der Waals surface area contributed by atoms with E-state index < -0.39 is 97.5 Å². The lowest BCUT2D eigenvalue weighted by atomic mass is 10.0. The number of rotatable bonds is 77. The zero-order chi connectivity index (χ0) is 73.1. The fraction of sp³-hybridized carbons (Fsp3) is 0.950. The molecule has 0 aliphatic heterocycles. The summed E-state index contributed by atoms with van der Waals surface area (Å²) in [7, 11) is -9.92. The molecule has 99 heavy (non-hydrogen) atoms. The van der Waals surface area contributed by atoms with Gasteiger partial charge in [0.25, 0.3) is 0 Å². The molecule has 5 atom stereocenters. The maximum atomic E-state index is 13.1. The van der Waals surface area contributed by atoms with Crippen molar-refractivity contribution in [3.8, 4) is 0 Å². The van der Waals surface area contributed by atoms with Crippen molar-refractivity contribution in [2.45, 2.75) is 427 Å². The summed E-state index contributed by atoms with van der Waals surface area (Å²) in [4.78, 5) is 73.0. The molecular formula is C80H156O17P2. The number of carbonyl (C=O) groups is 4. The van der Waals surface area contributed by atoms with Gasteiger partial charge in [-0.05, 0) is 49.4 Å². The van der Waals surface area contributed by atoms with Crippen LogP contribution in [-0.4, -0.2) is 96.7 Å². The highest BCUT2D eigenvalue weighted by Crippen LogP contribution is 2.45. The summed E-state index contributed by atoms with van der Waals surface area (Å²) >= 11 is 0. The molecule has 0 aromatic carbocycles. The molecule has 3 unspecified atom stereocenters. The number of phosphoric ester groups is 2. The lowest BCUT2D eigenvalue weighted by Gasteiger charge is -2.21. The molecule has 0 aromatic rings. The Morgan fingerprint density at radius 1 is 0.253 bits per heavy atom. The van der Waals surface area contributed by atoms with Crippen LogP contribution in [0.15, 0.2) is 0 Å². The van der Waals surface area contributed by atoms with Gasteiger partial charge in [-0.25, -0.2) is 9.13 Å². The van der Waals surface area contributed by atoms with E-state index in [0.29, 0.717) is 25.7 Å². The minimum absolute atomic E-state index is 0.105. The second-order valence-corrected chi connectivity index (χ2v) is 33.6. The van der Waals surface area contributed by atoms with E-state index in [1.165, 1.54) is 212 Å². The first-order valence-electron chi connectivity index (χ1n) is 41.2. The molecule has 0 radical (unpaired) electrons. The summed E-state index contributed by atoms with van der Waals surface area (Å²) in [5, 5.41) is 10.6. The second-order valence-electron chi connectivity index (χ2n) is 30.7. The van der Waals surface area contributed by atoms with Crippen molar-refractivity contribution in [1.82, 2.24) is 0 Å². The summed E-state index contributed by atoms with van der Waals surface area (Å²) < 4.78 is 68.7. The van der Waals surface area contributed by atoms with Crippen LogP contribution in [0, 0.1) is 23.7 Å². The molecule has 0 aliphatic rings. The summed E-state index contributed by atoms with van der Waals surface area (Å²) in [6.07, 6.45) is 55.5. The first kappa shape index (κ1) is 97.1. The van der Waals surface area contributed by atoms with Crippen molar-refractivity contribution < 1.29 is 80.2 Å². The number of aliphatic hydroxyl groups is 1. The summed E-state index contributed by atoms with van der Waals surface area (Å²) in [5.74, 6) is 0.965. The number of esters is 4. The third-order valence-corrected chi connectivity index (χ3v) is 20.5. The molecule has 0 heterocycles. The quantitative estimate of drug-likeness (QED) is 0.0222. The van der Waals surface area contributed by atoms with Gasteiger partial charge in [0, 0.05) is 25.7 Å². The number of hydrogen-bond acceptors (Lipinski definition) is 15. The largest absolute Gasteiger partial charge is 0.472 e. The van der Waals surface area contributed by atoms with Crippen LogP contribution in [-0.2, 0) is 65.4 Å². The summed E-state index contributed by atoms with van der Waals surface area (Å²) in [5.41, 5.74) is 0. The average molecular weight is 1450 g/mol. The van der Waals surface area contributed by atoms with Crippen LogP contribution in [0.2, 0.25) is 0 Å². The smallest absolute Gasteiger partial charge is 0.462 e. The molecular weight excluding hydrogens is 1290 g/mol. The topological polar surface area (TPSA) is 237 Å². The Labute approximate surface area is 607 Å². The van der Waals surface area contributed by atoms with Gasteiger partial charge >= 0.3 is 39.5 Å². The van der Waals surface area contributed by atoms with Gasteiger partial charge in [0.05, 0.1) is 26.4 Å². The maximum absolute atomic E-state index is 13.1. The molecule has 0 spiro atoms. The van der Waals surface area contributed by atoms with Crippen molar-refractivity contribution in [2.24, 2.45) is 23.7 Å². The van der Waals surface area contributed by atoms with Gasteiger partial charge in [0.15, 0.2) is 12.2 Å². The normalized spacial score (nSPS) is 14.1. The molecule has 0 aliphatic carbocycles.